The summed E-state index contributed by atoms with van der Waals surface area (Å²) in [6, 6.07) is 2.40. The molecule has 30 heavy (non-hydrogen) atoms. The highest BCUT2D eigenvalue weighted by Gasteiger charge is 2.27. The van der Waals surface area contributed by atoms with Crippen LogP contribution in [0.25, 0.3) is 0 Å². The van der Waals surface area contributed by atoms with Gasteiger partial charge in [0.1, 0.15) is 6.10 Å². The molecule has 0 aromatic carbocycles. The molecule has 4 rings (SSSR count). The third-order valence-corrected chi connectivity index (χ3v) is 7.03. The second-order valence-corrected chi connectivity index (χ2v) is 8.94. The van der Waals surface area contributed by atoms with E-state index in [1.165, 1.54) is 31.4 Å². The minimum atomic E-state index is -0.361. The van der Waals surface area contributed by atoms with Crippen LogP contribution in [-0.2, 0) is 16.0 Å². The summed E-state index contributed by atoms with van der Waals surface area (Å²) in [5.41, 5.74) is 1.30. The number of carbonyl (C=O) groups excluding carboxylic acids is 1. The first-order valence-corrected chi connectivity index (χ1v) is 11.5. The Morgan fingerprint density at radius 2 is 2.03 bits per heavy atom. The van der Waals surface area contributed by atoms with Gasteiger partial charge in [0, 0.05) is 57.5 Å². The van der Waals surface area contributed by atoms with E-state index in [0.29, 0.717) is 6.04 Å². The molecule has 1 N–H and O–H groups in total. The van der Waals surface area contributed by atoms with Gasteiger partial charge in [-0.25, -0.2) is 4.98 Å². The second kappa shape index (κ2) is 9.96. The number of carbonyl (C=O) groups is 1. The lowest BCUT2D eigenvalue weighted by molar-refractivity contribution is -0.131. The first kappa shape index (κ1) is 21.4. The lowest BCUT2D eigenvalue weighted by atomic mass is 9.84. The molecule has 1 amide bonds. The van der Waals surface area contributed by atoms with Crippen molar-refractivity contribution in [3.8, 4) is 5.75 Å². The van der Waals surface area contributed by atoms with E-state index in [4.69, 9.17) is 9.47 Å². The fraction of sp³-hybridized carbons (Fsp3) is 0.739. The predicted molar refractivity (Wildman–Crippen MR) is 117 cm³/mol. The lowest BCUT2D eigenvalue weighted by Crippen LogP contribution is -2.47. The Hall–Kier alpha value is -1.86. The van der Waals surface area contributed by atoms with Gasteiger partial charge in [0.2, 0.25) is 5.91 Å². The van der Waals surface area contributed by atoms with Gasteiger partial charge < -0.3 is 19.7 Å². The van der Waals surface area contributed by atoms with Gasteiger partial charge in [0.05, 0.1) is 6.61 Å². The van der Waals surface area contributed by atoms with E-state index in [-0.39, 0.29) is 12.0 Å². The molecule has 3 heterocycles. The van der Waals surface area contributed by atoms with Crippen LogP contribution < -0.4 is 15.0 Å². The predicted octanol–water partition coefficient (Wildman–Crippen LogP) is 2.24. The van der Waals surface area contributed by atoms with E-state index in [2.05, 4.69) is 26.2 Å². The molecule has 3 aliphatic rings. The Morgan fingerprint density at radius 1 is 1.27 bits per heavy atom. The molecule has 1 atom stereocenters. The molecular formula is C23H36N4O3. The number of anilines is 1. The van der Waals surface area contributed by atoms with Gasteiger partial charge in [-0.05, 0) is 57.6 Å². The number of fused-ring (bicyclic) bond motifs is 1. The summed E-state index contributed by atoms with van der Waals surface area (Å²) in [5.74, 6) is 2.84. The van der Waals surface area contributed by atoms with Gasteiger partial charge in [0.15, 0.2) is 11.6 Å². The van der Waals surface area contributed by atoms with Crippen LogP contribution in [0.5, 0.6) is 5.75 Å². The van der Waals surface area contributed by atoms with Crippen molar-refractivity contribution in [3.05, 3.63) is 17.8 Å². The van der Waals surface area contributed by atoms with Crippen molar-refractivity contribution in [3.63, 3.8) is 0 Å². The van der Waals surface area contributed by atoms with Crippen LogP contribution in [0, 0.1) is 5.92 Å². The third-order valence-electron chi connectivity index (χ3n) is 7.03. The van der Waals surface area contributed by atoms with Crippen LogP contribution in [0.4, 0.5) is 5.82 Å². The number of pyridine rings is 1. The van der Waals surface area contributed by atoms with E-state index in [9.17, 15) is 4.79 Å². The summed E-state index contributed by atoms with van der Waals surface area (Å²) in [6.45, 7) is 7.97. The van der Waals surface area contributed by atoms with Crippen LogP contribution in [-0.4, -0.2) is 74.4 Å². The number of nitrogens with zero attached hydrogens (tertiary/aromatic N) is 3. The Kier molecular flexibility index (Phi) is 7.10. The van der Waals surface area contributed by atoms with E-state index >= 15 is 0 Å². The van der Waals surface area contributed by atoms with E-state index in [1.807, 2.05) is 6.20 Å². The number of hydrogen-bond donors (Lipinski definition) is 1. The fourth-order valence-electron chi connectivity index (χ4n) is 4.89. The minimum Gasteiger partial charge on any atom is -0.489 e. The molecule has 1 saturated carbocycles. The van der Waals surface area contributed by atoms with Crippen LogP contribution in [0.1, 0.15) is 44.6 Å². The van der Waals surface area contributed by atoms with E-state index in [0.717, 1.165) is 69.5 Å². The number of aromatic nitrogens is 1. The van der Waals surface area contributed by atoms with Gasteiger partial charge >= 0.3 is 0 Å². The van der Waals surface area contributed by atoms with E-state index in [1.54, 1.807) is 14.0 Å². The number of rotatable bonds is 7. The molecule has 1 unspecified atom stereocenters. The topological polar surface area (TPSA) is 66.9 Å². The molecule has 0 spiro atoms. The number of hydrogen-bond acceptors (Lipinski definition) is 6. The molecule has 166 valence electrons. The van der Waals surface area contributed by atoms with Crippen molar-refractivity contribution in [1.29, 1.82) is 0 Å². The maximum Gasteiger partial charge on any atom is 0.249 e. The highest BCUT2D eigenvalue weighted by atomic mass is 16.5. The molecule has 2 aliphatic heterocycles. The standard InChI is InChI=1S/C23H36N4O3/c1-17(29-2)23(28)25-20-5-3-18(4-6-20)8-11-26-12-14-27(15-13-26)22-21-19(7-10-24-22)9-16-30-21/h7,10,17-18,20H,3-6,8-9,11-16H2,1-2H3,(H,25,28). The number of ether oxygens (including phenoxy) is 2. The Bertz CT molecular complexity index is 712. The summed E-state index contributed by atoms with van der Waals surface area (Å²) < 4.78 is 10.9. The molecule has 2 fully saturated rings. The van der Waals surface area contributed by atoms with Crippen molar-refractivity contribution < 1.29 is 14.3 Å². The molecule has 7 heteroatoms. The van der Waals surface area contributed by atoms with Crippen molar-refractivity contribution in [2.45, 2.75) is 57.6 Å². The van der Waals surface area contributed by atoms with Crippen LogP contribution in [0.3, 0.4) is 0 Å². The summed E-state index contributed by atoms with van der Waals surface area (Å²) in [4.78, 5) is 21.6. The van der Waals surface area contributed by atoms with Crippen molar-refractivity contribution in [2.75, 3.05) is 51.3 Å². The first-order chi connectivity index (χ1) is 14.6. The Balaban J connectivity index is 1.16. The summed E-state index contributed by atoms with van der Waals surface area (Å²) in [7, 11) is 1.58. The highest BCUT2D eigenvalue weighted by Crippen LogP contribution is 2.34. The van der Waals surface area contributed by atoms with Crippen molar-refractivity contribution in [2.24, 2.45) is 5.92 Å². The summed E-state index contributed by atoms with van der Waals surface area (Å²) in [5, 5.41) is 3.14. The average molecular weight is 417 g/mol. The van der Waals surface area contributed by atoms with Gasteiger partial charge in [-0.3, -0.25) is 9.69 Å². The average Bonchev–Trinajstić information content (AvgIpc) is 3.27. The Morgan fingerprint density at radius 3 is 2.77 bits per heavy atom. The summed E-state index contributed by atoms with van der Waals surface area (Å²) >= 11 is 0. The Labute approximate surface area is 180 Å². The zero-order valence-electron chi connectivity index (χ0n) is 18.4. The van der Waals surface area contributed by atoms with Crippen molar-refractivity contribution >= 4 is 11.7 Å². The normalized spacial score (nSPS) is 25.5. The largest absolute Gasteiger partial charge is 0.489 e. The first-order valence-electron chi connectivity index (χ1n) is 11.5. The van der Waals surface area contributed by atoms with Crippen molar-refractivity contribution in [1.82, 2.24) is 15.2 Å². The molecule has 7 nitrogen and oxygen atoms in total. The SMILES string of the molecule is COC(C)C(=O)NC1CCC(CCN2CCN(c3nccc4c3OCC4)CC2)CC1. The van der Waals surface area contributed by atoms with Gasteiger partial charge in [-0.1, -0.05) is 0 Å². The molecule has 1 aromatic heterocycles. The number of amides is 1. The zero-order valence-corrected chi connectivity index (χ0v) is 18.4. The highest BCUT2D eigenvalue weighted by molar-refractivity contribution is 5.80. The quantitative estimate of drug-likeness (QED) is 0.735. The summed E-state index contributed by atoms with van der Waals surface area (Å²) in [6.07, 6.45) is 8.42. The van der Waals surface area contributed by atoms with Crippen LogP contribution in [0.15, 0.2) is 12.3 Å². The molecular weight excluding hydrogens is 380 g/mol. The molecule has 1 aliphatic carbocycles. The lowest BCUT2D eigenvalue weighted by Gasteiger charge is -2.37. The fourth-order valence-corrected chi connectivity index (χ4v) is 4.89. The molecule has 1 saturated heterocycles. The maximum atomic E-state index is 12.0. The molecule has 0 bridgehead atoms. The molecule has 1 aromatic rings. The molecule has 0 radical (unpaired) electrons. The number of piperazine rings is 1. The monoisotopic (exact) mass is 416 g/mol. The van der Waals surface area contributed by atoms with Crippen LogP contribution >= 0.6 is 0 Å². The number of methoxy groups -OCH3 is 1. The number of nitrogens with one attached hydrogen (secondary N) is 1. The van der Waals surface area contributed by atoms with Gasteiger partial charge in [-0.15, -0.1) is 0 Å². The van der Waals surface area contributed by atoms with Gasteiger partial charge in [0.25, 0.3) is 0 Å². The third kappa shape index (κ3) is 5.06. The zero-order chi connectivity index (χ0) is 20.9. The second-order valence-electron chi connectivity index (χ2n) is 8.94. The smallest absolute Gasteiger partial charge is 0.249 e. The van der Waals surface area contributed by atoms with E-state index < -0.39 is 0 Å². The minimum absolute atomic E-state index is 0.0165. The van der Waals surface area contributed by atoms with Gasteiger partial charge in [-0.2, -0.15) is 0 Å². The maximum absolute atomic E-state index is 12.0. The van der Waals surface area contributed by atoms with Crippen LogP contribution in [0.2, 0.25) is 0 Å².